The smallest absolute Gasteiger partial charge is 0.217 e. The summed E-state index contributed by atoms with van der Waals surface area (Å²) < 4.78 is 32.1. The summed E-state index contributed by atoms with van der Waals surface area (Å²) in [5.41, 5.74) is 0.982. The van der Waals surface area contributed by atoms with Gasteiger partial charge in [-0.25, -0.2) is 8.42 Å². The van der Waals surface area contributed by atoms with Crippen LogP contribution in [0.4, 0.5) is 0 Å². The van der Waals surface area contributed by atoms with Crippen LogP contribution in [-0.2, 0) is 21.3 Å². The number of ether oxygens (including phenoxy) is 1. The summed E-state index contributed by atoms with van der Waals surface area (Å²) in [6.45, 7) is 3.02. The van der Waals surface area contributed by atoms with Gasteiger partial charge in [0.25, 0.3) is 0 Å². The van der Waals surface area contributed by atoms with Crippen LogP contribution in [0.5, 0.6) is 0 Å². The molecule has 0 amide bonds. The van der Waals surface area contributed by atoms with E-state index < -0.39 is 10.0 Å². The van der Waals surface area contributed by atoms with Gasteiger partial charge >= 0.3 is 0 Å². The summed E-state index contributed by atoms with van der Waals surface area (Å²) in [6.07, 6.45) is 0. The summed E-state index contributed by atoms with van der Waals surface area (Å²) in [5, 5.41) is 0. The maximum atomic E-state index is 12.1. The van der Waals surface area contributed by atoms with E-state index in [1.807, 2.05) is 31.2 Å². The topological polar surface area (TPSA) is 46.6 Å². The van der Waals surface area contributed by atoms with Gasteiger partial charge in [0.2, 0.25) is 10.0 Å². The fourth-order valence-electron chi connectivity index (χ4n) is 1.92. The Morgan fingerprint density at radius 2 is 2.06 bits per heavy atom. The zero-order valence-corrected chi connectivity index (χ0v) is 12.6. The van der Waals surface area contributed by atoms with Crippen LogP contribution in [0.3, 0.4) is 0 Å². The molecular formula is C12H16BrNO3S. The standard InChI is InChI=1S/C12H16BrNO3S/c1-10-9-17-6-7-18(15,16)14(10)8-11-2-4-12(13)5-3-11/h2-5,10H,6-9H2,1H3/t10-/m0/s1. The SMILES string of the molecule is C[C@H]1COCCS(=O)(=O)N1Cc1ccc(Br)cc1. The Morgan fingerprint density at radius 3 is 2.72 bits per heavy atom. The Bertz CT molecular complexity index is 501. The molecule has 1 heterocycles. The van der Waals surface area contributed by atoms with Crippen LogP contribution in [0.2, 0.25) is 0 Å². The highest BCUT2D eigenvalue weighted by molar-refractivity contribution is 9.10. The molecular weight excluding hydrogens is 318 g/mol. The van der Waals surface area contributed by atoms with Gasteiger partial charge in [-0.1, -0.05) is 28.1 Å². The van der Waals surface area contributed by atoms with Crippen molar-refractivity contribution in [3.05, 3.63) is 34.3 Å². The van der Waals surface area contributed by atoms with Crippen LogP contribution in [0.1, 0.15) is 12.5 Å². The largest absolute Gasteiger partial charge is 0.379 e. The number of halogens is 1. The second-order valence-corrected chi connectivity index (χ2v) is 7.37. The minimum atomic E-state index is -3.22. The van der Waals surface area contributed by atoms with Crippen molar-refractivity contribution in [1.82, 2.24) is 4.31 Å². The molecule has 6 heteroatoms. The lowest BCUT2D eigenvalue weighted by atomic mass is 10.2. The Kier molecular flexibility index (Phi) is 4.42. The summed E-state index contributed by atoms with van der Waals surface area (Å²) in [5.74, 6) is 0.0634. The lowest BCUT2D eigenvalue weighted by Gasteiger charge is -2.25. The van der Waals surface area contributed by atoms with E-state index in [0.717, 1.165) is 10.0 Å². The highest BCUT2D eigenvalue weighted by atomic mass is 79.9. The molecule has 2 rings (SSSR count). The molecule has 1 aliphatic rings. The molecule has 0 aliphatic carbocycles. The molecule has 0 saturated carbocycles. The first-order chi connectivity index (χ1) is 8.49. The molecule has 4 nitrogen and oxygen atoms in total. The zero-order valence-electron chi connectivity index (χ0n) is 10.2. The Morgan fingerprint density at radius 1 is 1.39 bits per heavy atom. The van der Waals surface area contributed by atoms with Gasteiger partial charge in [-0.05, 0) is 24.6 Å². The summed E-state index contributed by atoms with van der Waals surface area (Å²) >= 11 is 3.37. The van der Waals surface area contributed by atoms with Crippen molar-refractivity contribution in [1.29, 1.82) is 0 Å². The van der Waals surface area contributed by atoms with Crippen molar-refractivity contribution >= 4 is 26.0 Å². The average Bonchev–Trinajstić information content (AvgIpc) is 2.44. The molecule has 18 heavy (non-hydrogen) atoms. The molecule has 0 N–H and O–H groups in total. The van der Waals surface area contributed by atoms with Crippen LogP contribution >= 0.6 is 15.9 Å². The quantitative estimate of drug-likeness (QED) is 0.831. The van der Waals surface area contributed by atoms with Crippen molar-refractivity contribution < 1.29 is 13.2 Å². The van der Waals surface area contributed by atoms with Gasteiger partial charge in [0.15, 0.2) is 0 Å². The molecule has 0 bridgehead atoms. The molecule has 1 aromatic rings. The van der Waals surface area contributed by atoms with E-state index in [1.54, 1.807) is 0 Å². The average molecular weight is 334 g/mol. The number of benzene rings is 1. The van der Waals surface area contributed by atoms with Crippen LogP contribution < -0.4 is 0 Å². The van der Waals surface area contributed by atoms with E-state index in [2.05, 4.69) is 15.9 Å². The van der Waals surface area contributed by atoms with E-state index in [9.17, 15) is 8.42 Å². The molecule has 0 radical (unpaired) electrons. The monoisotopic (exact) mass is 333 g/mol. The predicted octanol–water partition coefficient (Wildman–Crippen LogP) is 2.00. The summed E-state index contributed by atoms with van der Waals surface area (Å²) in [7, 11) is -3.22. The molecule has 1 saturated heterocycles. The van der Waals surface area contributed by atoms with Crippen molar-refractivity contribution in [2.45, 2.75) is 19.5 Å². The fraction of sp³-hybridized carbons (Fsp3) is 0.500. The molecule has 0 aromatic heterocycles. The molecule has 1 aliphatic heterocycles. The van der Waals surface area contributed by atoms with Gasteiger partial charge in [-0.15, -0.1) is 0 Å². The Labute approximate surface area is 116 Å². The number of nitrogens with zero attached hydrogens (tertiary/aromatic N) is 1. The second-order valence-electron chi connectivity index (χ2n) is 4.41. The highest BCUT2D eigenvalue weighted by Crippen LogP contribution is 2.18. The summed E-state index contributed by atoms with van der Waals surface area (Å²) in [6, 6.07) is 7.57. The number of hydrogen-bond donors (Lipinski definition) is 0. The maximum absolute atomic E-state index is 12.1. The first-order valence-corrected chi connectivity index (χ1v) is 8.21. The third-order valence-corrected chi connectivity index (χ3v) is 5.36. The minimum Gasteiger partial charge on any atom is -0.379 e. The van der Waals surface area contributed by atoms with E-state index in [4.69, 9.17) is 4.74 Å². The van der Waals surface area contributed by atoms with Crippen molar-refractivity contribution in [3.63, 3.8) is 0 Å². The van der Waals surface area contributed by atoms with Crippen molar-refractivity contribution in [2.24, 2.45) is 0 Å². The van der Waals surface area contributed by atoms with E-state index in [-0.39, 0.29) is 18.4 Å². The van der Waals surface area contributed by atoms with Crippen LogP contribution in [-0.4, -0.2) is 37.7 Å². The number of sulfonamides is 1. The third kappa shape index (κ3) is 3.32. The number of hydrogen-bond acceptors (Lipinski definition) is 3. The summed E-state index contributed by atoms with van der Waals surface area (Å²) in [4.78, 5) is 0. The van der Waals surface area contributed by atoms with E-state index >= 15 is 0 Å². The molecule has 1 atom stereocenters. The second kappa shape index (κ2) is 5.69. The van der Waals surface area contributed by atoms with Gasteiger partial charge in [-0.2, -0.15) is 4.31 Å². The fourth-order valence-corrected chi connectivity index (χ4v) is 3.70. The van der Waals surface area contributed by atoms with Gasteiger partial charge in [-0.3, -0.25) is 0 Å². The molecule has 100 valence electrons. The van der Waals surface area contributed by atoms with Crippen molar-refractivity contribution in [2.75, 3.05) is 19.0 Å². The zero-order chi connectivity index (χ0) is 13.2. The lowest BCUT2D eigenvalue weighted by molar-refractivity contribution is 0.116. The predicted molar refractivity (Wildman–Crippen MR) is 73.8 cm³/mol. The Hall–Kier alpha value is -0.430. The third-order valence-electron chi connectivity index (χ3n) is 2.95. The van der Waals surface area contributed by atoms with Gasteiger partial charge in [0.1, 0.15) is 0 Å². The molecule has 1 fully saturated rings. The minimum absolute atomic E-state index is 0.0634. The van der Waals surface area contributed by atoms with Crippen molar-refractivity contribution in [3.8, 4) is 0 Å². The van der Waals surface area contributed by atoms with Gasteiger partial charge in [0.05, 0.1) is 19.0 Å². The first kappa shape index (κ1) is 14.0. The van der Waals surface area contributed by atoms with Crippen LogP contribution in [0, 0.1) is 0 Å². The van der Waals surface area contributed by atoms with Crippen LogP contribution in [0.15, 0.2) is 28.7 Å². The van der Waals surface area contributed by atoms with E-state index in [0.29, 0.717) is 13.2 Å². The normalized spacial score (nSPS) is 24.7. The highest BCUT2D eigenvalue weighted by Gasteiger charge is 2.29. The maximum Gasteiger partial charge on any atom is 0.217 e. The lowest BCUT2D eigenvalue weighted by Crippen LogP contribution is -2.39. The number of rotatable bonds is 2. The first-order valence-electron chi connectivity index (χ1n) is 5.81. The molecule has 0 spiro atoms. The van der Waals surface area contributed by atoms with Gasteiger partial charge < -0.3 is 4.74 Å². The van der Waals surface area contributed by atoms with Gasteiger partial charge in [0, 0.05) is 17.1 Å². The Balaban J connectivity index is 2.21. The van der Waals surface area contributed by atoms with E-state index in [1.165, 1.54) is 4.31 Å². The van der Waals surface area contributed by atoms with Crippen LogP contribution in [0.25, 0.3) is 0 Å². The molecule has 1 aromatic carbocycles. The molecule has 0 unspecified atom stereocenters.